The van der Waals surface area contributed by atoms with Crippen molar-refractivity contribution < 1.29 is 9.59 Å². The number of unbranched alkanes of at least 4 members (excludes halogenated alkanes) is 3. The molecule has 0 atom stereocenters. The molecule has 2 N–H and O–H groups in total. The number of carbonyl (C=O) groups excluding carboxylic acids is 2. The number of nitrogens with zero attached hydrogens (tertiary/aromatic N) is 2. The van der Waals surface area contributed by atoms with Crippen LogP contribution in [0.15, 0.2) is 50.6 Å². The first-order chi connectivity index (χ1) is 12.6. The van der Waals surface area contributed by atoms with Gasteiger partial charge in [-0.15, -0.1) is 26.3 Å². The van der Waals surface area contributed by atoms with Gasteiger partial charge in [-0.05, 0) is 12.8 Å². The lowest BCUT2D eigenvalue weighted by Crippen LogP contribution is -2.40. The largest absolute Gasteiger partial charge is 0.338 e. The van der Waals surface area contributed by atoms with E-state index in [-0.39, 0.29) is 12.1 Å². The minimum Gasteiger partial charge on any atom is -0.338 e. The van der Waals surface area contributed by atoms with E-state index < -0.39 is 0 Å². The molecule has 26 heavy (non-hydrogen) atoms. The van der Waals surface area contributed by atoms with E-state index in [1.54, 1.807) is 34.1 Å². The topological polar surface area (TPSA) is 64.7 Å². The van der Waals surface area contributed by atoms with Gasteiger partial charge in [-0.2, -0.15) is 0 Å². The summed E-state index contributed by atoms with van der Waals surface area (Å²) in [6.07, 6.45) is 10.6. The molecule has 0 radical (unpaired) electrons. The minimum absolute atomic E-state index is 0.0957. The van der Waals surface area contributed by atoms with Gasteiger partial charge in [-0.3, -0.25) is 0 Å². The standard InChI is InChI=1S/C20H34N4O2/c1-5-15-23(16-6-2)19(25)21-13-11-9-10-12-14-22-20(26)24(17-7-3)18-8-4/h5-8H,1-4,9-18H2,(H,21,25)(H,22,26). The average molecular weight is 363 g/mol. The predicted octanol–water partition coefficient (Wildman–Crippen LogP) is 3.31. The summed E-state index contributed by atoms with van der Waals surface area (Å²) < 4.78 is 0. The van der Waals surface area contributed by atoms with E-state index in [9.17, 15) is 9.59 Å². The van der Waals surface area contributed by atoms with Gasteiger partial charge in [0.1, 0.15) is 0 Å². The Balaban J connectivity index is 3.77. The first-order valence-corrected chi connectivity index (χ1v) is 9.09. The zero-order chi connectivity index (χ0) is 19.6. The van der Waals surface area contributed by atoms with Crippen molar-refractivity contribution in [3.63, 3.8) is 0 Å². The molecule has 0 bridgehead atoms. The fourth-order valence-electron chi connectivity index (χ4n) is 2.32. The SMILES string of the molecule is C=CCN(CC=C)C(=O)NCCCCCCNC(=O)N(CC=C)CC=C. The molecule has 0 spiro atoms. The second-order valence-corrected chi connectivity index (χ2v) is 5.84. The molecule has 0 aromatic carbocycles. The van der Waals surface area contributed by atoms with Gasteiger partial charge in [0.2, 0.25) is 0 Å². The van der Waals surface area contributed by atoms with Crippen LogP contribution in [0.3, 0.4) is 0 Å². The Morgan fingerprint density at radius 2 is 0.923 bits per heavy atom. The van der Waals surface area contributed by atoms with Crippen LogP contribution in [0.5, 0.6) is 0 Å². The molecule has 0 aromatic rings. The Hall–Kier alpha value is -2.50. The van der Waals surface area contributed by atoms with E-state index in [0.29, 0.717) is 39.3 Å². The molecule has 4 amide bonds. The average Bonchev–Trinajstić information content (AvgIpc) is 2.63. The van der Waals surface area contributed by atoms with Crippen LogP contribution in [0.2, 0.25) is 0 Å². The molecule has 0 aliphatic carbocycles. The van der Waals surface area contributed by atoms with Crippen LogP contribution >= 0.6 is 0 Å². The van der Waals surface area contributed by atoms with E-state index >= 15 is 0 Å². The van der Waals surface area contributed by atoms with E-state index in [4.69, 9.17) is 0 Å². The molecule has 0 aliphatic rings. The first-order valence-electron chi connectivity index (χ1n) is 9.09. The molecule has 6 nitrogen and oxygen atoms in total. The molecule has 0 aromatic heterocycles. The maximum atomic E-state index is 12.0. The van der Waals surface area contributed by atoms with E-state index in [0.717, 1.165) is 25.7 Å². The fraction of sp³-hybridized carbons (Fsp3) is 0.500. The number of carbonyl (C=O) groups is 2. The van der Waals surface area contributed by atoms with Crippen molar-refractivity contribution in [2.45, 2.75) is 25.7 Å². The lowest BCUT2D eigenvalue weighted by molar-refractivity contribution is 0.207. The molecule has 6 heteroatoms. The third-order valence-electron chi connectivity index (χ3n) is 3.63. The highest BCUT2D eigenvalue weighted by molar-refractivity contribution is 5.74. The molecule has 0 fully saturated rings. The molecule has 0 heterocycles. The molecular formula is C20H34N4O2. The van der Waals surface area contributed by atoms with E-state index in [2.05, 4.69) is 36.9 Å². The van der Waals surface area contributed by atoms with Crippen molar-refractivity contribution in [3.05, 3.63) is 50.6 Å². The number of hydrogen-bond acceptors (Lipinski definition) is 2. The van der Waals surface area contributed by atoms with Crippen molar-refractivity contribution in [1.29, 1.82) is 0 Å². The van der Waals surface area contributed by atoms with Crippen LogP contribution in [0, 0.1) is 0 Å². The van der Waals surface area contributed by atoms with Crippen molar-refractivity contribution in [2.75, 3.05) is 39.3 Å². The van der Waals surface area contributed by atoms with Gasteiger partial charge in [0.25, 0.3) is 0 Å². The Morgan fingerprint density at radius 1 is 0.615 bits per heavy atom. The summed E-state index contributed by atoms with van der Waals surface area (Å²) in [6.45, 7) is 17.9. The Morgan fingerprint density at radius 3 is 1.19 bits per heavy atom. The van der Waals surface area contributed by atoms with Crippen LogP contribution < -0.4 is 10.6 Å². The van der Waals surface area contributed by atoms with Crippen LogP contribution in [0.25, 0.3) is 0 Å². The molecule has 0 saturated carbocycles. The van der Waals surface area contributed by atoms with Crippen LogP contribution in [-0.2, 0) is 0 Å². The molecule has 0 unspecified atom stereocenters. The van der Waals surface area contributed by atoms with Gasteiger partial charge in [0.05, 0.1) is 0 Å². The summed E-state index contributed by atoms with van der Waals surface area (Å²) in [7, 11) is 0. The van der Waals surface area contributed by atoms with Crippen molar-refractivity contribution >= 4 is 12.1 Å². The Kier molecular flexibility index (Phi) is 14.5. The third-order valence-corrected chi connectivity index (χ3v) is 3.63. The highest BCUT2D eigenvalue weighted by Crippen LogP contribution is 1.99. The molecule has 146 valence electrons. The number of urea groups is 2. The lowest BCUT2D eigenvalue weighted by Gasteiger charge is -2.20. The smallest absolute Gasteiger partial charge is 0.317 e. The number of amides is 4. The first kappa shape index (κ1) is 23.5. The summed E-state index contributed by atoms with van der Waals surface area (Å²) in [5.74, 6) is 0. The van der Waals surface area contributed by atoms with Crippen LogP contribution in [0.4, 0.5) is 9.59 Å². The zero-order valence-electron chi connectivity index (χ0n) is 15.9. The van der Waals surface area contributed by atoms with Crippen LogP contribution in [-0.4, -0.2) is 61.1 Å². The third kappa shape index (κ3) is 11.1. The maximum absolute atomic E-state index is 12.0. The number of rotatable bonds is 15. The van der Waals surface area contributed by atoms with Gasteiger partial charge in [-0.25, -0.2) is 9.59 Å². The van der Waals surface area contributed by atoms with Gasteiger partial charge in [-0.1, -0.05) is 37.1 Å². The predicted molar refractivity (Wildman–Crippen MR) is 109 cm³/mol. The summed E-state index contributed by atoms with van der Waals surface area (Å²) in [5, 5.41) is 5.80. The highest BCUT2D eigenvalue weighted by Gasteiger charge is 2.10. The lowest BCUT2D eigenvalue weighted by atomic mass is 10.2. The highest BCUT2D eigenvalue weighted by atomic mass is 16.2. The molecule has 0 saturated heterocycles. The van der Waals surface area contributed by atoms with Crippen molar-refractivity contribution in [1.82, 2.24) is 20.4 Å². The zero-order valence-corrected chi connectivity index (χ0v) is 15.9. The molecule has 0 rings (SSSR count). The quantitative estimate of drug-likeness (QED) is 0.347. The van der Waals surface area contributed by atoms with Crippen molar-refractivity contribution in [3.8, 4) is 0 Å². The van der Waals surface area contributed by atoms with Gasteiger partial charge < -0.3 is 20.4 Å². The maximum Gasteiger partial charge on any atom is 0.317 e. The number of nitrogens with one attached hydrogen (secondary N) is 2. The van der Waals surface area contributed by atoms with E-state index in [1.807, 2.05) is 0 Å². The van der Waals surface area contributed by atoms with Gasteiger partial charge in [0, 0.05) is 39.3 Å². The summed E-state index contributed by atoms with van der Waals surface area (Å²) >= 11 is 0. The second kappa shape index (κ2) is 16.0. The molecular weight excluding hydrogens is 328 g/mol. The summed E-state index contributed by atoms with van der Waals surface area (Å²) in [6, 6.07) is -0.191. The summed E-state index contributed by atoms with van der Waals surface area (Å²) in [4.78, 5) is 27.2. The monoisotopic (exact) mass is 362 g/mol. The Bertz CT molecular complexity index is 401. The van der Waals surface area contributed by atoms with Gasteiger partial charge in [0.15, 0.2) is 0 Å². The van der Waals surface area contributed by atoms with E-state index in [1.165, 1.54) is 0 Å². The minimum atomic E-state index is -0.0957. The fourth-order valence-corrected chi connectivity index (χ4v) is 2.32. The Labute approximate surface area is 158 Å². The van der Waals surface area contributed by atoms with Crippen LogP contribution in [0.1, 0.15) is 25.7 Å². The normalized spacial score (nSPS) is 9.69. The van der Waals surface area contributed by atoms with Crippen molar-refractivity contribution in [2.24, 2.45) is 0 Å². The summed E-state index contributed by atoms with van der Waals surface area (Å²) in [5.41, 5.74) is 0. The number of hydrogen-bond donors (Lipinski definition) is 2. The second-order valence-electron chi connectivity index (χ2n) is 5.84. The van der Waals surface area contributed by atoms with Gasteiger partial charge >= 0.3 is 12.1 Å². The molecule has 0 aliphatic heterocycles.